The summed E-state index contributed by atoms with van der Waals surface area (Å²) in [5.41, 5.74) is 5.68. The molecule has 7 heteroatoms. The van der Waals surface area contributed by atoms with Crippen LogP contribution < -0.4 is 15.8 Å². The number of ether oxygens (including phenoxy) is 1. The van der Waals surface area contributed by atoms with Gasteiger partial charge in [0.1, 0.15) is 5.82 Å². The van der Waals surface area contributed by atoms with Gasteiger partial charge >= 0.3 is 6.01 Å². The van der Waals surface area contributed by atoms with Crippen LogP contribution >= 0.6 is 0 Å². The highest BCUT2D eigenvalue weighted by molar-refractivity contribution is 5.91. The first-order valence-corrected chi connectivity index (χ1v) is 5.79. The number of anilines is 1. The summed E-state index contributed by atoms with van der Waals surface area (Å²) in [4.78, 5) is 12.2. The van der Waals surface area contributed by atoms with Crippen LogP contribution in [0.3, 0.4) is 0 Å². The van der Waals surface area contributed by atoms with E-state index in [1.807, 2.05) is 13.8 Å². The molecule has 0 unspecified atom stereocenters. The number of aliphatic hydroxyl groups is 1. The number of nitrogens with zero attached hydrogens (tertiary/aromatic N) is 3. The second kappa shape index (κ2) is 7.44. The fraction of sp³-hybridized carbons (Fsp3) is 0.545. The molecule has 0 saturated carbocycles. The van der Waals surface area contributed by atoms with Gasteiger partial charge in [0.25, 0.3) is 0 Å². The molecule has 18 heavy (non-hydrogen) atoms. The Morgan fingerprint density at radius 2 is 2.39 bits per heavy atom. The second-order valence-corrected chi connectivity index (χ2v) is 3.88. The molecule has 0 aliphatic carbocycles. The molecule has 1 rings (SSSR count). The first-order valence-electron chi connectivity index (χ1n) is 5.79. The molecule has 0 aromatic carbocycles. The van der Waals surface area contributed by atoms with Crippen LogP contribution in [0.25, 0.3) is 0 Å². The van der Waals surface area contributed by atoms with E-state index in [0.29, 0.717) is 24.8 Å². The number of nitrogens with one attached hydrogen (secondary N) is 1. The van der Waals surface area contributed by atoms with Crippen molar-refractivity contribution in [2.75, 3.05) is 18.5 Å². The van der Waals surface area contributed by atoms with E-state index in [-0.39, 0.29) is 18.7 Å². The molecule has 7 nitrogen and oxygen atoms in total. The van der Waals surface area contributed by atoms with Gasteiger partial charge in [-0.25, -0.2) is 4.98 Å². The number of guanidine groups is 1. The van der Waals surface area contributed by atoms with Gasteiger partial charge < -0.3 is 20.9 Å². The van der Waals surface area contributed by atoms with Gasteiger partial charge in [0.05, 0.1) is 6.61 Å². The molecule has 0 fully saturated rings. The Morgan fingerprint density at radius 3 is 3.06 bits per heavy atom. The fourth-order valence-electron chi connectivity index (χ4n) is 1.15. The Hall–Kier alpha value is -1.89. The van der Waals surface area contributed by atoms with Crippen LogP contribution in [0.2, 0.25) is 0 Å². The number of nitrogens with two attached hydrogens (primary N) is 1. The Bertz CT molecular complexity index is 395. The van der Waals surface area contributed by atoms with E-state index in [9.17, 15) is 0 Å². The average Bonchev–Trinajstić information content (AvgIpc) is 2.28. The van der Waals surface area contributed by atoms with Crippen LogP contribution in [0.5, 0.6) is 6.01 Å². The minimum Gasteiger partial charge on any atom is -0.463 e. The lowest BCUT2D eigenvalue weighted by Gasteiger charge is -2.07. The molecule has 0 bridgehead atoms. The van der Waals surface area contributed by atoms with Gasteiger partial charge in [-0.2, -0.15) is 4.98 Å². The van der Waals surface area contributed by atoms with E-state index in [4.69, 9.17) is 15.6 Å². The summed E-state index contributed by atoms with van der Waals surface area (Å²) < 4.78 is 5.25. The molecule has 100 valence electrons. The van der Waals surface area contributed by atoms with E-state index < -0.39 is 0 Å². The largest absolute Gasteiger partial charge is 0.463 e. The molecule has 4 N–H and O–H groups in total. The molecule has 0 amide bonds. The van der Waals surface area contributed by atoms with Crippen molar-refractivity contribution >= 4 is 11.8 Å². The zero-order valence-corrected chi connectivity index (χ0v) is 10.6. The number of aromatic nitrogens is 2. The Balaban J connectivity index is 2.59. The van der Waals surface area contributed by atoms with Crippen molar-refractivity contribution in [3.63, 3.8) is 0 Å². The molecule has 0 aliphatic rings. The van der Waals surface area contributed by atoms with Crippen LogP contribution in [-0.2, 0) is 0 Å². The van der Waals surface area contributed by atoms with Gasteiger partial charge in [0.15, 0.2) is 5.96 Å². The van der Waals surface area contributed by atoms with E-state index in [1.165, 1.54) is 0 Å². The lowest BCUT2D eigenvalue weighted by atomic mass is 10.4. The molecule has 1 heterocycles. The van der Waals surface area contributed by atoms with Crippen LogP contribution in [0.4, 0.5) is 5.82 Å². The van der Waals surface area contributed by atoms with Gasteiger partial charge in [-0.3, -0.25) is 4.99 Å². The summed E-state index contributed by atoms with van der Waals surface area (Å²) in [6, 6.07) is 2.02. The van der Waals surface area contributed by atoms with Crippen molar-refractivity contribution in [1.82, 2.24) is 9.97 Å². The average molecular weight is 253 g/mol. The van der Waals surface area contributed by atoms with E-state index in [1.54, 1.807) is 12.3 Å². The van der Waals surface area contributed by atoms with Crippen LogP contribution in [-0.4, -0.2) is 40.3 Å². The molecular formula is C11H19N5O2. The van der Waals surface area contributed by atoms with E-state index in [2.05, 4.69) is 20.3 Å². The Morgan fingerprint density at radius 1 is 1.61 bits per heavy atom. The highest BCUT2D eigenvalue weighted by Crippen LogP contribution is 2.07. The zero-order valence-electron chi connectivity index (χ0n) is 10.6. The van der Waals surface area contributed by atoms with Crippen LogP contribution in [0, 0.1) is 0 Å². The Kier molecular flexibility index (Phi) is 5.86. The third-order valence-corrected chi connectivity index (χ3v) is 1.82. The van der Waals surface area contributed by atoms with Gasteiger partial charge in [0.2, 0.25) is 0 Å². The molecular weight excluding hydrogens is 234 g/mol. The zero-order chi connectivity index (χ0) is 13.4. The van der Waals surface area contributed by atoms with Gasteiger partial charge in [-0.05, 0) is 19.9 Å². The lowest BCUT2D eigenvalue weighted by molar-refractivity contribution is 0.224. The predicted molar refractivity (Wildman–Crippen MR) is 69.6 cm³/mol. The third kappa shape index (κ3) is 5.44. The van der Waals surface area contributed by atoms with Gasteiger partial charge in [-0.1, -0.05) is 0 Å². The first kappa shape index (κ1) is 14.2. The molecule has 0 spiro atoms. The number of hydrogen-bond donors (Lipinski definition) is 3. The first-order chi connectivity index (χ1) is 8.61. The number of hydrogen-bond acceptors (Lipinski definition) is 5. The maximum Gasteiger partial charge on any atom is 0.318 e. The number of aliphatic imine (C=N–C) groups is 1. The monoisotopic (exact) mass is 253 g/mol. The smallest absolute Gasteiger partial charge is 0.318 e. The summed E-state index contributed by atoms with van der Waals surface area (Å²) in [6.07, 6.45) is 2.10. The molecule has 0 radical (unpaired) electrons. The molecule has 0 aliphatic heterocycles. The SMILES string of the molecule is CC(C)N=C(N)Nc1ccnc(OCCCO)n1. The molecule has 0 atom stereocenters. The number of rotatable bonds is 6. The normalized spacial score (nSPS) is 11.7. The van der Waals surface area contributed by atoms with Crippen molar-refractivity contribution < 1.29 is 9.84 Å². The van der Waals surface area contributed by atoms with Gasteiger partial charge in [-0.15, -0.1) is 0 Å². The minimum atomic E-state index is 0.0753. The summed E-state index contributed by atoms with van der Waals surface area (Å²) in [5.74, 6) is 0.816. The summed E-state index contributed by atoms with van der Waals surface area (Å²) in [5, 5.41) is 11.5. The predicted octanol–water partition coefficient (Wildman–Crippen LogP) is 0.373. The topological polar surface area (TPSA) is 106 Å². The maximum absolute atomic E-state index is 8.64. The fourth-order valence-corrected chi connectivity index (χ4v) is 1.15. The summed E-state index contributed by atoms with van der Waals surface area (Å²) >= 11 is 0. The lowest BCUT2D eigenvalue weighted by Crippen LogP contribution is -2.24. The minimum absolute atomic E-state index is 0.0753. The van der Waals surface area contributed by atoms with E-state index in [0.717, 1.165) is 0 Å². The van der Waals surface area contributed by atoms with E-state index >= 15 is 0 Å². The molecule has 0 saturated heterocycles. The van der Waals surface area contributed by atoms with Crippen molar-refractivity contribution in [2.45, 2.75) is 26.3 Å². The number of aliphatic hydroxyl groups excluding tert-OH is 1. The maximum atomic E-state index is 8.64. The highest BCUT2D eigenvalue weighted by atomic mass is 16.5. The quantitative estimate of drug-likeness (QED) is 0.384. The highest BCUT2D eigenvalue weighted by Gasteiger charge is 2.02. The van der Waals surface area contributed by atoms with Crippen molar-refractivity contribution in [3.8, 4) is 6.01 Å². The summed E-state index contributed by atoms with van der Waals surface area (Å²) in [7, 11) is 0. The van der Waals surface area contributed by atoms with Crippen molar-refractivity contribution in [2.24, 2.45) is 10.7 Å². The summed E-state index contributed by atoms with van der Waals surface area (Å²) in [6.45, 7) is 4.30. The van der Waals surface area contributed by atoms with Crippen molar-refractivity contribution in [1.29, 1.82) is 0 Å². The van der Waals surface area contributed by atoms with Crippen molar-refractivity contribution in [3.05, 3.63) is 12.3 Å². The molecule has 1 aromatic rings. The molecule has 1 aromatic heterocycles. The van der Waals surface area contributed by atoms with Crippen LogP contribution in [0.15, 0.2) is 17.3 Å². The second-order valence-electron chi connectivity index (χ2n) is 3.88. The van der Waals surface area contributed by atoms with Gasteiger partial charge in [0, 0.05) is 25.3 Å². The van der Waals surface area contributed by atoms with Crippen LogP contribution in [0.1, 0.15) is 20.3 Å². The third-order valence-electron chi connectivity index (χ3n) is 1.82. The Labute approximate surface area is 106 Å². The standard InChI is InChI=1S/C11H19N5O2/c1-8(2)14-10(12)15-9-4-5-13-11(16-9)18-7-3-6-17/h4-5,8,17H,3,6-7H2,1-2H3,(H3,12,13,14,15,16).